The summed E-state index contributed by atoms with van der Waals surface area (Å²) in [6.07, 6.45) is 1.51. The maximum absolute atomic E-state index is 6.40. The summed E-state index contributed by atoms with van der Waals surface area (Å²) in [6, 6.07) is 12.1. The second-order valence-corrected chi connectivity index (χ2v) is 5.55. The van der Waals surface area contributed by atoms with Gasteiger partial charge in [0.05, 0.1) is 0 Å². The van der Waals surface area contributed by atoms with Gasteiger partial charge in [-0.15, -0.1) is 34.0 Å². The number of aromatic nitrogens is 2. The summed E-state index contributed by atoms with van der Waals surface area (Å²) in [5.41, 5.74) is 10.2. The number of hydrogen-bond acceptors (Lipinski definition) is 4. The Hall–Kier alpha value is -0.301. The molecule has 0 radical (unpaired) electrons. The molecule has 0 aliphatic carbocycles. The van der Waals surface area contributed by atoms with Gasteiger partial charge in [0.1, 0.15) is 0 Å². The molecule has 0 fully saturated rings. The molecule has 2 heterocycles. The Labute approximate surface area is 170 Å². The van der Waals surface area contributed by atoms with Crippen molar-refractivity contribution >= 4 is 34.0 Å². The molecule has 0 spiro atoms. The van der Waals surface area contributed by atoms with Crippen molar-refractivity contribution in [2.75, 3.05) is 0 Å². The van der Waals surface area contributed by atoms with Crippen molar-refractivity contribution in [2.45, 2.75) is 39.2 Å². The van der Waals surface area contributed by atoms with Crippen molar-refractivity contribution in [3.63, 3.8) is 0 Å². The number of rotatable bonds is 4. The monoisotopic (exact) mass is 488 g/mol. The Bertz CT molecular complexity index is 530. The number of hydrogen-bond donors (Lipinski definition) is 2. The number of nitrogens with two attached hydrogens (primary N) is 1. The van der Waals surface area contributed by atoms with Crippen molar-refractivity contribution in [3.8, 4) is 0 Å². The van der Waals surface area contributed by atoms with E-state index >= 15 is 0 Å². The average Bonchev–Trinajstić information content (AvgIpc) is 2.27. The molecule has 5 N–H and O–H groups in total. The molecule has 4 nitrogen and oxygen atoms in total. The Balaban J connectivity index is -0.000001000. The number of pyridine rings is 2. The maximum atomic E-state index is 6.40. The Kier molecular flexibility index (Phi) is 14.5. The van der Waals surface area contributed by atoms with Crippen LogP contribution in [-0.4, -0.2) is 15.5 Å². The van der Waals surface area contributed by atoms with E-state index in [4.69, 9.17) is 5.73 Å². The van der Waals surface area contributed by atoms with Crippen molar-refractivity contribution < 1.29 is 17.1 Å². The second-order valence-electron chi connectivity index (χ2n) is 5.55. The van der Waals surface area contributed by atoms with E-state index in [9.17, 15) is 0 Å². The molecule has 0 aromatic carbocycles. The minimum Gasteiger partial charge on any atom is -0.344 e. The quantitative estimate of drug-likeness (QED) is 0.637. The molecule has 0 amide bonds. The summed E-state index contributed by atoms with van der Waals surface area (Å²) in [6.45, 7) is 6.06. The molecule has 0 aliphatic rings. The molecular formula is C16H26Br2FeN4. The third kappa shape index (κ3) is 9.55. The fourth-order valence-electron chi connectivity index (χ4n) is 2.29. The molecule has 0 saturated heterocycles. The SMILES string of the molecule is Br.Br.Cc1cccc(CC(C)(N)Cc2cccc(C)n2)n1.N.[Fe]. The summed E-state index contributed by atoms with van der Waals surface area (Å²) in [4.78, 5) is 9.03. The summed E-state index contributed by atoms with van der Waals surface area (Å²) in [5.74, 6) is 0. The summed E-state index contributed by atoms with van der Waals surface area (Å²) >= 11 is 0. The number of nitrogens with zero attached hydrogens (tertiary/aromatic N) is 2. The van der Waals surface area contributed by atoms with Gasteiger partial charge in [-0.3, -0.25) is 9.97 Å². The van der Waals surface area contributed by atoms with E-state index in [0.29, 0.717) is 0 Å². The van der Waals surface area contributed by atoms with Crippen molar-refractivity contribution in [1.82, 2.24) is 16.1 Å². The van der Waals surface area contributed by atoms with Gasteiger partial charge in [-0.1, -0.05) is 12.1 Å². The van der Waals surface area contributed by atoms with Crippen LogP contribution in [0.15, 0.2) is 36.4 Å². The van der Waals surface area contributed by atoms with Crippen LogP contribution in [0, 0.1) is 13.8 Å². The molecule has 0 aliphatic heterocycles. The van der Waals surface area contributed by atoms with Crippen LogP contribution in [0.5, 0.6) is 0 Å². The van der Waals surface area contributed by atoms with E-state index < -0.39 is 0 Å². The Morgan fingerprint density at radius 3 is 1.52 bits per heavy atom. The van der Waals surface area contributed by atoms with Gasteiger partial charge < -0.3 is 11.9 Å². The number of halogens is 2. The molecule has 0 unspecified atom stereocenters. The van der Waals surface area contributed by atoms with Gasteiger partial charge in [-0.05, 0) is 45.0 Å². The van der Waals surface area contributed by atoms with Crippen LogP contribution in [0.25, 0.3) is 0 Å². The predicted molar refractivity (Wildman–Crippen MR) is 104 cm³/mol. The van der Waals surface area contributed by atoms with Gasteiger partial charge in [0.25, 0.3) is 0 Å². The van der Waals surface area contributed by atoms with E-state index in [0.717, 1.165) is 35.6 Å². The van der Waals surface area contributed by atoms with E-state index in [2.05, 4.69) is 16.9 Å². The molecule has 132 valence electrons. The average molecular weight is 490 g/mol. The molecule has 0 atom stereocenters. The van der Waals surface area contributed by atoms with Gasteiger partial charge in [0.15, 0.2) is 0 Å². The standard InChI is InChI=1S/C16H21N3.2BrH.Fe.H3N/c1-12-6-4-8-14(18-12)10-16(3,17)11-15-9-5-7-13(2)19-15;;;;/h4-9H,10-11,17H2,1-3H3;2*1H;;1H3. The molecule has 7 heteroatoms. The molecule has 0 saturated carbocycles. The summed E-state index contributed by atoms with van der Waals surface area (Å²) in [5, 5.41) is 0. The van der Waals surface area contributed by atoms with Gasteiger partial charge in [-0.25, -0.2) is 0 Å². The Morgan fingerprint density at radius 1 is 0.870 bits per heavy atom. The van der Waals surface area contributed by atoms with Gasteiger partial charge in [0, 0.05) is 58.2 Å². The van der Waals surface area contributed by atoms with E-state index in [1.807, 2.05) is 50.2 Å². The zero-order chi connectivity index (χ0) is 13.9. The zero-order valence-electron chi connectivity index (χ0n) is 13.7. The fourth-order valence-corrected chi connectivity index (χ4v) is 2.29. The molecular weight excluding hydrogens is 464 g/mol. The first-order valence-electron chi connectivity index (χ1n) is 6.59. The van der Waals surface area contributed by atoms with Gasteiger partial charge >= 0.3 is 0 Å². The first-order valence-corrected chi connectivity index (χ1v) is 6.59. The molecule has 2 aromatic heterocycles. The first-order chi connectivity index (χ1) is 8.94. The van der Waals surface area contributed by atoms with Crippen molar-refractivity contribution in [3.05, 3.63) is 59.2 Å². The van der Waals surface area contributed by atoms with Gasteiger partial charge in [-0.2, -0.15) is 0 Å². The maximum Gasteiger partial charge on any atom is 0.0425 e. The van der Waals surface area contributed by atoms with Crippen LogP contribution >= 0.6 is 34.0 Å². The third-order valence-electron chi connectivity index (χ3n) is 3.06. The summed E-state index contributed by atoms with van der Waals surface area (Å²) in [7, 11) is 0. The van der Waals surface area contributed by atoms with Crippen LogP contribution in [0.3, 0.4) is 0 Å². The van der Waals surface area contributed by atoms with E-state index in [-0.39, 0.29) is 62.7 Å². The predicted octanol–water partition coefficient (Wildman–Crippen LogP) is 3.91. The van der Waals surface area contributed by atoms with Crippen LogP contribution in [-0.2, 0) is 29.9 Å². The van der Waals surface area contributed by atoms with Crippen molar-refractivity contribution in [1.29, 1.82) is 0 Å². The normalized spacial score (nSPS) is 9.57. The first kappa shape index (κ1) is 27.5. The smallest absolute Gasteiger partial charge is 0.0425 e. The molecule has 23 heavy (non-hydrogen) atoms. The number of aryl methyl sites for hydroxylation is 2. The minimum absolute atomic E-state index is 0. The molecule has 0 bridgehead atoms. The van der Waals surface area contributed by atoms with Crippen LogP contribution in [0.1, 0.15) is 29.7 Å². The van der Waals surface area contributed by atoms with Crippen LogP contribution in [0.4, 0.5) is 0 Å². The Morgan fingerprint density at radius 2 is 1.22 bits per heavy atom. The van der Waals surface area contributed by atoms with Crippen LogP contribution in [0.2, 0.25) is 0 Å². The zero-order valence-corrected chi connectivity index (χ0v) is 18.3. The van der Waals surface area contributed by atoms with Gasteiger partial charge in [0.2, 0.25) is 0 Å². The summed E-state index contributed by atoms with van der Waals surface area (Å²) < 4.78 is 0. The molecule has 2 aromatic rings. The minimum atomic E-state index is -0.332. The fraction of sp³-hybridized carbons (Fsp3) is 0.375. The molecule has 2 rings (SSSR count). The van der Waals surface area contributed by atoms with Crippen molar-refractivity contribution in [2.24, 2.45) is 5.73 Å². The van der Waals surface area contributed by atoms with Crippen LogP contribution < -0.4 is 11.9 Å². The largest absolute Gasteiger partial charge is 0.344 e. The third-order valence-corrected chi connectivity index (χ3v) is 3.06. The second kappa shape index (κ2) is 12.1. The topological polar surface area (TPSA) is 86.8 Å². The van der Waals surface area contributed by atoms with E-state index in [1.54, 1.807) is 0 Å². The van der Waals surface area contributed by atoms with E-state index in [1.165, 1.54) is 0 Å².